The predicted octanol–water partition coefficient (Wildman–Crippen LogP) is 2.52. The van der Waals surface area contributed by atoms with Crippen molar-refractivity contribution in [3.63, 3.8) is 0 Å². The van der Waals surface area contributed by atoms with Crippen LogP contribution in [0.2, 0.25) is 0 Å². The van der Waals surface area contributed by atoms with Gasteiger partial charge in [0.25, 0.3) is 0 Å². The summed E-state index contributed by atoms with van der Waals surface area (Å²) < 4.78 is 0. The van der Waals surface area contributed by atoms with Crippen LogP contribution in [0.1, 0.15) is 12.8 Å². The fourth-order valence-corrected chi connectivity index (χ4v) is 1.65. The molecule has 0 aromatic carbocycles. The second-order valence-corrected chi connectivity index (χ2v) is 3.04. The summed E-state index contributed by atoms with van der Waals surface area (Å²) in [5.41, 5.74) is 0. The second-order valence-electron chi connectivity index (χ2n) is 3.04. The van der Waals surface area contributed by atoms with E-state index in [2.05, 4.69) is 18.3 Å². The van der Waals surface area contributed by atoms with E-state index in [0.717, 1.165) is 12.8 Å². The highest BCUT2D eigenvalue weighted by Crippen LogP contribution is 2.34. The van der Waals surface area contributed by atoms with Crippen molar-refractivity contribution in [2.45, 2.75) is 18.9 Å². The van der Waals surface area contributed by atoms with Gasteiger partial charge >= 0.3 is 0 Å². The highest BCUT2D eigenvalue weighted by atomic mass is 16.3. The van der Waals surface area contributed by atoms with Crippen LogP contribution in [0.4, 0.5) is 0 Å². The summed E-state index contributed by atoms with van der Waals surface area (Å²) in [4.78, 5) is 10.3. The van der Waals surface area contributed by atoms with Gasteiger partial charge in [-0.3, -0.25) is 0 Å². The van der Waals surface area contributed by atoms with Crippen molar-refractivity contribution in [2.24, 2.45) is 17.0 Å². The molecule has 0 amide bonds. The van der Waals surface area contributed by atoms with Crippen LogP contribution in [-0.2, 0) is 0 Å². The largest absolute Gasteiger partial charge is 0.150 e. The predicted molar refractivity (Wildman–Crippen MR) is 46.2 cm³/mol. The first-order chi connectivity index (χ1) is 5.31. The highest BCUT2D eigenvalue weighted by molar-refractivity contribution is 5.01. The van der Waals surface area contributed by atoms with Gasteiger partial charge in [-0.1, -0.05) is 17.3 Å². The summed E-state index contributed by atoms with van der Waals surface area (Å²) in [7, 11) is 0. The number of allylic oxidation sites excluding steroid dienone is 1. The third-order valence-corrected chi connectivity index (χ3v) is 2.38. The summed E-state index contributed by atoms with van der Waals surface area (Å²) in [6.07, 6.45) is 5.57. The summed E-state index contributed by atoms with van der Waals surface area (Å²) in [6, 6.07) is -0.0597. The Morgan fingerprint density at radius 1 is 1.27 bits per heavy atom. The van der Waals surface area contributed by atoms with Gasteiger partial charge in [0.05, 0.1) is 6.04 Å². The van der Waals surface area contributed by atoms with Gasteiger partial charge in [0, 0.05) is 5.92 Å². The van der Waals surface area contributed by atoms with Crippen LogP contribution in [0.25, 0.3) is 0 Å². The molecule has 0 bridgehead atoms. The number of nitrogens with zero attached hydrogens (tertiary/aromatic N) is 1. The summed E-state index contributed by atoms with van der Waals surface area (Å²) in [5, 5.41) is 3.07. The van der Waals surface area contributed by atoms with Gasteiger partial charge < -0.3 is 0 Å². The molecule has 0 radical (unpaired) electrons. The minimum absolute atomic E-state index is 0.0597. The molecule has 3 atom stereocenters. The third-order valence-electron chi connectivity index (χ3n) is 2.38. The Morgan fingerprint density at radius 2 is 2.00 bits per heavy atom. The highest BCUT2D eigenvalue weighted by Gasteiger charge is 2.31. The summed E-state index contributed by atoms with van der Waals surface area (Å²) in [6.45, 7) is 7.38. The van der Waals surface area contributed by atoms with Crippen LogP contribution in [-0.4, -0.2) is 6.04 Å². The zero-order valence-electron chi connectivity index (χ0n) is 6.57. The fraction of sp³-hybridized carbons (Fsp3) is 0.556. The summed E-state index contributed by atoms with van der Waals surface area (Å²) >= 11 is 0. The lowest BCUT2D eigenvalue weighted by atomic mass is 10.0. The van der Waals surface area contributed by atoms with Crippen LogP contribution in [0.15, 0.2) is 30.5 Å². The molecule has 2 nitrogen and oxygen atoms in total. The van der Waals surface area contributed by atoms with Gasteiger partial charge in [-0.2, -0.15) is 4.91 Å². The van der Waals surface area contributed by atoms with Gasteiger partial charge in [0.1, 0.15) is 0 Å². The van der Waals surface area contributed by atoms with E-state index in [1.54, 1.807) is 0 Å². The smallest absolute Gasteiger partial charge is 0.0987 e. The maximum Gasteiger partial charge on any atom is 0.0987 e. The Kier molecular flexibility index (Phi) is 2.58. The fourth-order valence-electron chi connectivity index (χ4n) is 1.65. The molecule has 0 saturated heterocycles. The van der Waals surface area contributed by atoms with Crippen molar-refractivity contribution in [1.29, 1.82) is 0 Å². The Morgan fingerprint density at radius 3 is 2.36 bits per heavy atom. The van der Waals surface area contributed by atoms with E-state index in [4.69, 9.17) is 0 Å². The lowest BCUT2D eigenvalue weighted by molar-refractivity contribution is 0.581. The Labute approximate surface area is 67.0 Å². The molecule has 0 heterocycles. The maximum absolute atomic E-state index is 10.3. The molecule has 3 unspecified atom stereocenters. The van der Waals surface area contributed by atoms with Crippen molar-refractivity contribution in [3.8, 4) is 0 Å². The molecule has 1 rings (SSSR count). The van der Waals surface area contributed by atoms with Crippen LogP contribution in [0.3, 0.4) is 0 Å². The van der Waals surface area contributed by atoms with Gasteiger partial charge in [-0.25, -0.2) is 0 Å². The average Bonchev–Trinajstić information content (AvgIpc) is 2.46. The molecular weight excluding hydrogens is 138 g/mol. The lowest BCUT2D eigenvalue weighted by Gasteiger charge is -2.04. The molecule has 2 heteroatoms. The summed E-state index contributed by atoms with van der Waals surface area (Å²) in [5.74, 6) is 0.733. The molecule has 11 heavy (non-hydrogen) atoms. The van der Waals surface area contributed by atoms with Gasteiger partial charge in [-0.05, 0) is 18.8 Å². The molecule has 0 aromatic heterocycles. The number of hydrogen-bond acceptors (Lipinski definition) is 2. The van der Waals surface area contributed by atoms with Crippen molar-refractivity contribution < 1.29 is 0 Å². The van der Waals surface area contributed by atoms with Crippen LogP contribution in [0, 0.1) is 16.7 Å². The maximum atomic E-state index is 10.3. The Hall–Kier alpha value is -0.920. The van der Waals surface area contributed by atoms with E-state index in [1.165, 1.54) is 0 Å². The zero-order valence-corrected chi connectivity index (χ0v) is 6.57. The number of rotatable bonds is 3. The van der Waals surface area contributed by atoms with Crippen molar-refractivity contribution in [1.82, 2.24) is 0 Å². The first-order valence-corrected chi connectivity index (χ1v) is 3.89. The van der Waals surface area contributed by atoms with E-state index in [-0.39, 0.29) is 12.0 Å². The molecule has 1 fully saturated rings. The first-order valence-electron chi connectivity index (χ1n) is 3.89. The molecule has 1 aliphatic rings. The molecule has 0 spiro atoms. The monoisotopic (exact) mass is 151 g/mol. The van der Waals surface area contributed by atoms with Crippen molar-refractivity contribution in [3.05, 3.63) is 30.2 Å². The quantitative estimate of drug-likeness (QED) is 0.450. The van der Waals surface area contributed by atoms with Crippen LogP contribution < -0.4 is 0 Å². The minimum Gasteiger partial charge on any atom is -0.150 e. The molecule has 0 aliphatic heterocycles. The van der Waals surface area contributed by atoms with Gasteiger partial charge in [-0.15, -0.1) is 13.2 Å². The molecule has 0 aromatic rings. The minimum atomic E-state index is -0.0597. The molecule has 60 valence electrons. The Bertz CT molecular complexity index is 160. The van der Waals surface area contributed by atoms with E-state index >= 15 is 0 Å². The molecular formula is C9H13NO. The van der Waals surface area contributed by atoms with Gasteiger partial charge in [0.2, 0.25) is 0 Å². The van der Waals surface area contributed by atoms with E-state index < -0.39 is 0 Å². The second kappa shape index (κ2) is 3.46. The van der Waals surface area contributed by atoms with Gasteiger partial charge in [0.15, 0.2) is 0 Å². The van der Waals surface area contributed by atoms with E-state index in [0.29, 0.717) is 5.92 Å². The third kappa shape index (κ3) is 1.56. The zero-order chi connectivity index (χ0) is 8.27. The van der Waals surface area contributed by atoms with Crippen molar-refractivity contribution in [2.75, 3.05) is 0 Å². The number of hydrogen-bond donors (Lipinski definition) is 0. The number of nitroso groups, excluding NO2 is 1. The van der Waals surface area contributed by atoms with E-state index in [1.807, 2.05) is 12.2 Å². The lowest BCUT2D eigenvalue weighted by Crippen LogP contribution is -2.06. The molecule has 1 aliphatic carbocycles. The SMILES string of the molecule is C=CC1CC(C=C)C(N=O)C1. The molecule has 0 N–H and O–H groups in total. The van der Waals surface area contributed by atoms with E-state index in [9.17, 15) is 4.91 Å². The standard InChI is InChI=1S/C9H13NO/c1-3-7-5-8(4-2)9(6-7)10-11/h3-4,7-9H,1-2,5-6H2. The van der Waals surface area contributed by atoms with Crippen molar-refractivity contribution >= 4 is 0 Å². The molecule has 1 saturated carbocycles. The average molecular weight is 151 g/mol. The first kappa shape index (κ1) is 8.18. The topological polar surface area (TPSA) is 29.4 Å². The Balaban J connectivity index is 2.60. The van der Waals surface area contributed by atoms with Crippen LogP contribution >= 0.6 is 0 Å². The normalized spacial score (nSPS) is 36.5. The van der Waals surface area contributed by atoms with Crippen LogP contribution in [0.5, 0.6) is 0 Å².